The first kappa shape index (κ1) is 14.1. The summed E-state index contributed by atoms with van der Waals surface area (Å²) in [6.07, 6.45) is 0. The molecular weight excluding hydrogens is 309 g/mol. The summed E-state index contributed by atoms with van der Waals surface area (Å²) in [5.41, 5.74) is 1.32. The summed E-state index contributed by atoms with van der Waals surface area (Å²) >= 11 is 18.0. The minimum Gasteiger partial charge on any atom is -0.464 e. The van der Waals surface area contributed by atoms with E-state index in [-0.39, 0.29) is 10.7 Å². The summed E-state index contributed by atoms with van der Waals surface area (Å²) in [6, 6.07) is 8.28. The average molecular weight is 317 g/mol. The van der Waals surface area contributed by atoms with Gasteiger partial charge in [-0.05, 0) is 24.3 Å². The van der Waals surface area contributed by atoms with Crippen LogP contribution in [-0.2, 0) is 4.74 Å². The molecule has 0 N–H and O–H groups in total. The summed E-state index contributed by atoms with van der Waals surface area (Å²) < 4.78 is 4.62. The highest BCUT2D eigenvalue weighted by molar-refractivity contribution is 6.49. The van der Waals surface area contributed by atoms with Gasteiger partial charge >= 0.3 is 5.97 Å². The Bertz CT molecular complexity index is 644. The van der Waals surface area contributed by atoms with Gasteiger partial charge in [0.15, 0.2) is 0 Å². The number of hydrogen-bond acceptors (Lipinski definition) is 3. The molecule has 2 rings (SSSR count). The van der Waals surface area contributed by atoms with E-state index >= 15 is 0 Å². The molecule has 0 radical (unpaired) electrons. The maximum atomic E-state index is 11.4. The third kappa shape index (κ3) is 2.84. The van der Waals surface area contributed by atoms with E-state index in [1.165, 1.54) is 7.11 Å². The Morgan fingerprint density at radius 1 is 1.11 bits per heavy atom. The first-order valence-corrected chi connectivity index (χ1v) is 6.37. The molecule has 3 nitrogen and oxygen atoms in total. The summed E-state index contributed by atoms with van der Waals surface area (Å²) in [7, 11) is 1.29. The van der Waals surface area contributed by atoms with Gasteiger partial charge in [0.05, 0.1) is 27.9 Å². The topological polar surface area (TPSA) is 39.2 Å². The van der Waals surface area contributed by atoms with E-state index in [1.807, 2.05) is 0 Å². The van der Waals surface area contributed by atoms with Gasteiger partial charge < -0.3 is 4.74 Å². The molecule has 0 amide bonds. The Morgan fingerprint density at radius 2 is 1.84 bits per heavy atom. The SMILES string of the molecule is COC(=O)c1cccc(-c2ccc(Cl)c(Cl)c2Cl)n1. The first-order chi connectivity index (χ1) is 9.04. The molecular formula is C13H8Cl3NO2. The highest BCUT2D eigenvalue weighted by Crippen LogP contribution is 2.37. The number of methoxy groups -OCH3 is 1. The number of rotatable bonds is 2. The number of benzene rings is 1. The predicted molar refractivity (Wildman–Crippen MR) is 76.0 cm³/mol. The number of carbonyl (C=O) groups excluding carboxylic acids is 1. The van der Waals surface area contributed by atoms with Crippen molar-refractivity contribution >= 4 is 40.8 Å². The maximum Gasteiger partial charge on any atom is 0.356 e. The normalized spacial score (nSPS) is 10.3. The lowest BCUT2D eigenvalue weighted by Gasteiger charge is -2.07. The molecule has 0 bridgehead atoms. The zero-order valence-corrected chi connectivity index (χ0v) is 12.1. The second kappa shape index (κ2) is 5.78. The molecule has 1 aromatic heterocycles. The predicted octanol–water partition coefficient (Wildman–Crippen LogP) is 4.50. The van der Waals surface area contributed by atoms with Crippen molar-refractivity contribution in [1.82, 2.24) is 4.98 Å². The first-order valence-electron chi connectivity index (χ1n) is 5.24. The lowest BCUT2D eigenvalue weighted by Crippen LogP contribution is -2.04. The minimum absolute atomic E-state index is 0.196. The molecule has 0 unspecified atom stereocenters. The van der Waals surface area contributed by atoms with Crippen molar-refractivity contribution in [3.63, 3.8) is 0 Å². The standard InChI is InChI=1S/C13H8Cl3NO2/c1-19-13(18)10-4-2-3-9(17-10)7-5-6-8(14)12(16)11(7)15/h2-6H,1H3. The third-order valence-electron chi connectivity index (χ3n) is 2.45. The number of esters is 1. The summed E-state index contributed by atoms with van der Waals surface area (Å²) in [4.78, 5) is 15.6. The molecule has 1 aromatic carbocycles. The van der Waals surface area contributed by atoms with Crippen LogP contribution in [0.1, 0.15) is 10.5 Å². The van der Waals surface area contributed by atoms with Crippen molar-refractivity contribution in [2.75, 3.05) is 7.11 Å². The highest BCUT2D eigenvalue weighted by Gasteiger charge is 2.13. The second-order valence-electron chi connectivity index (χ2n) is 3.62. The van der Waals surface area contributed by atoms with Gasteiger partial charge in [0.25, 0.3) is 0 Å². The van der Waals surface area contributed by atoms with Gasteiger partial charge in [-0.1, -0.05) is 40.9 Å². The number of ether oxygens (including phenoxy) is 1. The van der Waals surface area contributed by atoms with Gasteiger partial charge in [-0.2, -0.15) is 0 Å². The van der Waals surface area contributed by atoms with Gasteiger partial charge in [-0.15, -0.1) is 0 Å². The molecule has 0 aliphatic carbocycles. The van der Waals surface area contributed by atoms with Gasteiger partial charge in [0.1, 0.15) is 5.69 Å². The van der Waals surface area contributed by atoms with Crippen LogP contribution in [0.5, 0.6) is 0 Å². The number of halogens is 3. The maximum absolute atomic E-state index is 11.4. The van der Waals surface area contributed by atoms with Crippen LogP contribution in [0.2, 0.25) is 15.1 Å². The van der Waals surface area contributed by atoms with E-state index in [4.69, 9.17) is 34.8 Å². The van der Waals surface area contributed by atoms with Crippen molar-refractivity contribution in [3.8, 4) is 11.3 Å². The molecule has 0 spiro atoms. The largest absolute Gasteiger partial charge is 0.464 e. The fourth-order valence-electron chi connectivity index (χ4n) is 1.53. The quantitative estimate of drug-likeness (QED) is 0.605. The number of aromatic nitrogens is 1. The van der Waals surface area contributed by atoms with Gasteiger partial charge in [-0.3, -0.25) is 0 Å². The molecule has 0 fully saturated rings. The molecule has 19 heavy (non-hydrogen) atoms. The third-order valence-corrected chi connectivity index (χ3v) is 3.75. The van der Waals surface area contributed by atoms with E-state index in [1.54, 1.807) is 30.3 Å². The van der Waals surface area contributed by atoms with Gasteiger partial charge in [0, 0.05) is 5.56 Å². The van der Waals surface area contributed by atoms with E-state index in [9.17, 15) is 4.79 Å². The molecule has 0 atom stereocenters. The summed E-state index contributed by atoms with van der Waals surface area (Å²) in [6.45, 7) is 0. The molecule has 0 aliphatic heterocycles. The van der Waals surface area contributed by atoms with Crippen LogP contribution < -0.4 is 0 Å². The van der Waals surface area contributed by atoms with E-state index in [2.05, 4.69) is 9.72 Å². The Kier molecular flexibility index (Phi) is 4.30. The van der Waals surface area contributed by atoms with Crippen molar-refractivity contribution < 1.29 is 9.53 Å². The second-order valence-corrected chi connectivity index (χ2v) is 4.79. The van der Waals surface area contributed by atoms with Crippen LogP contribution in [0.4, 0.5) is 0 Å². The van der Waals surface area contributed by atoms with E-state index < -0.39 is 5.97 Å². The molecule has 2 aromatic rings. The number of carbonyl (C=O) groups is 1. The van der Waals surface area contributed by atoms with Crippen molar-refractivity contribution in [1.29, 1.82) is 0 Å². The number of nitrogens with zero attached hydrogens (tertiary/aromatic N) is 1. The van der Waals surface area contributed by atoms with Crippen LogP contribution >= 0.6 is 34.8 Å². The van der Waals surface area contributed by atoms with Crippen molar-refractivity contribution in [2.24, 2.45) is 0 Å². The molecule has 1 heterocycles. The number of hydrogen-bond donors (Lipinski definition) is 0. The fraction of sp³-hybridized carbons (Fsp3) is 0.0769. The Morgan fingerprint density at radius 3 is 2.53 bits per heavy atom. The van der Waals surface area contributed by atoms with Crippen LogP contribution in [0.15, 0.2) is 30.3 Å². The Balaban J connectivity index is 2.54. The van der Waals surface area contributed by atoms with Crippen LogP contribution in [-0.4, -0.2) is 18.1 Å². The monoisotopic (exact) mass is 315 g/mol. The van der Waals surface area contributed by atoms with E-state index in [0.717, 1.165) is 0 Å². The van der Waals surface area contributed by atoms with Gasteiger partial charge in [0.2, 0.25) is 0 Å². The Labute approximate surface area is 125 Å². The lowest BCUT2D eigenvalue weighted by atomic mass is 10.1. The lowest BCUT2D eigenvalue weighted by molar-refractivity contribution is 0.0594. The van der Waals surface area contributed by atoms with Crippen LogP contribution in [0.3, 0.4) is 0 Å². The zero-order chi connectivity index (χ0) is 14.0. The van der Waals surface area contributed by atoms with Crippen LogP contribution in [0, 0.1) is 0 Å². The molecule has 98 valence electrons. The molecule has 6 heteroatoms. The van der Waals surface area contributed by atoms with Crippen molar-refractivity contribution in [3.05, 3.63) is 51.1 Å². The van der Waals surface area contributed by atoms with Crippen LogP contribution in [0.25, 0.3) is 11.3 Å². The molecule has 0 saturated carbocycles. The minimum atomic E-state index is -0.516. The number of pyridine rings is 1. The smallest absolute Gasteiger partial charge is 0.356 e. The fourth-order valence-corrected chi connectivity index (χ4v) is 2.16. The zero-order valence-electron chi connectivity index (χ0n) is 9.78. The highest BCUT2D eigenvalue weighted by atomic mass is 35.5. The van der Waals surface area contributed by atoms with Crippen molar-refractivity contribution in [2.45, 2.75) is 0 Å². The summed E-state index contributed by atoms with van der Waals surface area (Å²) in [5, 5.41) is 0.911. The molecule has 0 saturated heterocycles. The average Bonchev–Trinajstić information content (AvgIpc) is 2.44. The van der Waals surface area contributed by atoms with E-state index in [0.29, 0.717) is 21.3 Å². The summed E-state index contributed by atoms with van der Waals surface area (Å²) in [5.74, 6) is -0.516. The van der Waals surface area contributed by atoms with Gasteiger partial charge in [-0.25, -0.2) is 9.78 Å². The molecule has 0 aliphatic rings. The Hall–Kier alpha value is -1.29.